The van der Waals surface area contributed by atoms with E-state index in [4.69, 9.17) is 4.74 Å². The van der Waals surface area contributed by atoms with E-state index in [0.717, 1.165) is 43.4 Å². The molecule has 1 aromatic heterocycles. The Morgan fingerprint density at radius 1 is 1.18 bits per heavy atom. The predicted molar refractivity (Wildman–Crippen MR) is 70.6 cm³/mol. The summed E-state index contributed by atoms with van der Waals surface area (Å²) in [4.78, 5) is 8.91. The van der Waals surface area contributed by atoms with E-state index in [1.807, 2.05) is 6.07 Å². The minimum absolute atomic E-state index is 0.670. The SMILES string of the molecule is CCCc1nc(NCC)cc(NCCOC)n1. The van der Waals surface area contributed by atoms with Gasteiger partial charge in [-0.3, -0.25) is 0 Å². The normalized spacial score (nSPS) is 10.3. The van der Waals surface area contributed by atoms with Crippen molar-refractivity contribution in [1.82, 2.24) is 9.97 Å². The Labute approximate surface area is 103 Å². The van der Waals surface area contributed by atoms with E-state index < -0.39 is 0 Å². The van der Waals surface area contributed by atoms with Gasteiger partial charge in [-0.25, -0.2) is 9.97 Å². The minimum Gasteiger partial charge on any atom is -0.383 e. The molecule has 0 unspecified atom stereocenters. The number of hydrogen-bond donors (Lipinski definition) is 2. The molecule has 1 rings (SSSR count). The van der Waals surface area contributed by atoms with Crippen molar-refractivity contribution in [3.63, 3.8) is 0 Å². The molecule has 0 bridgehead atoms. The smallest absolute Gasteiger partial charge is 0.133 e. The maximum absolute atomic E-state index is 5.00. The lowest BCUT2D eigenvalue weighted by Crippen LogP contribution is -2.11. The maximum Gasteiger partial charge on any atom is 0.133 e. The molecule has 0 aliphatic heterocycles. The van der Waals surface area contributed by atoms with Gasteiger partial charge in [0.05, 0.1) is 6.61 Å². The van der Waals surface area contributed by atoms with Gasteiger partial charge in [-0.05, 0) is 13.3 Å². The van der Waals surface area contributed by atoms with E-state index in [9.17, 15) is 0 Å². The molecule has 1 heterocycles. The Morgan fingerprint density at radius 2 is 1.88 bits per heavy atom. The van der Waals surface area contributed by atoms with Crippen molar-refractivity contribution in [3.05, 3.63) is 11.9 Å². The zero-order valence-electron chi connectivity index (χ0n) is 10.9. The lowest BCUT2D eigenvalue weighted by molar-refractivity contribution is 0.210. The van der Waals surface area contributed by atoms with E-state index in [1.54, 1.807) is 7.11 Å². The fourth-order valence-electron chi connectivity index (χ4n) is 1.48. The lowest BCUT2D eigenvalue weighted by Gasteiger charge is -2.10. The molecule has 17 heavy (non-hydrogen) atoms. The van der Waals surface area contributed by atoms with Gasteiger partial charge in [-0.1, -0.05) is 6.92 Å². The number of aromatic nitrogens is 2. The fourth-order valence-corrected chi connectivity index (χ4v) is 1.48. The molecule has 0 fully saturated rings. The quantitative estimate of drug-likeness (QED) is 0.678. The first-order valence-corrected chi connectivity index (χ1v) is 6.14. The summed E-state index contributed by atoms with van der Waals surface area (Å²) in [6.07, 6.45) is 1.95. The van der Waals surface area contributed by atoms with Crippen LogP contribution in [0, 0.1) is 0 Å². The third-order valence-electron chi connectivity index (χ3n) is 2.22. The van der Waals surface area contributed by atoms with Gasteiger partial charge in [0.1, 0.15) is 17.5 Å². The number of ether oxygens (including phenoxy) is 1. The first-order valence-electron chi connectivity index (χ1n) is 6.14. The molecular formula is C12H22N4O. The van der Waals surface area contributed by atoms with E-state index in [-0.39, 0.29) is 0 Å². The summed E-state index contributed by atoms with van der Waals surface area (Å²) >= 11 is 0. The van der Waals surface area contributed by atoms with E-state index in [1.165, 1.54) is 0 Å². The molecule has 0 radical (unpaired) electrons. The van der Waals surface area contributed by atoms with Crippen molar-refractivity contribution in [3.8, 4) is 0 Å². The molecule has 0 amide bonds. The van der Waals surface area contributed by atoms with Gasteiger partial charge in [-0.2, -0.15) is 0 Å². The first-order chi connectivity index (χ1) is 8.30. The number of nitrogens with zero attached hydrogens (tertiary/aromatic N) is 2. The lowest BCUT2D eigenvalue weighted by atomic mass is 10.3. The van der Waals surface area contributed by atoms with E-state index >= 15 is 0 Å². The molecular weight excluding hydrogens is 216 g/mol. The Hall–Kier alpha value is -1.36. The summed E-state index contributed by atoms with van der Waals surface area (Å²) in [5.41, 5.74) is 0. The molecule has 0 aliphatic carbocycles. The average molecular weight is 238 g/mol. The maximum atomic E-state index is 5.00. The number of nitrogens with one attached hydrogen (secondary N) is 2. The minimum atomic E-state index is 0.670. The van der Waals surface area contributed by atoms with Crippen LogP contribution in [-0.2, 0) is 11.2 Å². The Kier molecular flexibility index (Phi) is 6.32. The highest BCUT2D eigenvalue weighted by Crippen LogP contribution is 2.12. The highest BCUT2D eigenvalue weighted by Gasteiger charge is 2.03. The van der Waals surface area contributed by atoms with Crippen LogP contribution in [0.5, 0.6) is 0 Å². The van der Waals surface area contributed by atoms with Gasteiger partial charge in [0.15, 0.2) is 0 Å². The van der Waals surface area contributed by atoms with Crippen molar-refractivity contribution in [2.24, 2.45) is 0 Å². The molecule has 0 saturated carbocycles. The number of hydrogen-bond acceptors (Lipinski definition) is 5. The molecule has 0 atom stereocenters. The third kappa shape index (κ3) is 4.99. The van der Waals surface area contributed by atoms with Crippen LogP contribution in [0.25, 0.3) is 0 Å². The molecule has 0 aliphatic rings. The molecule has 5 heteroatoms. The standard InChI is InChI=1S/C12H22N4O/c1-4-6-10-15-11(13-5-2)9-12(16-10)14-7-8-17-3/h9H,4-8H2,1-3H3,(H2,13,14,15,16). The van der Waals surface area contributed by atoms with Gasteiger partial charge < -0.3 is 15.4 Å². The number of rotatable bonds is 8. The number of anilines is 2. The Morgan fingerprint density at radius 3 is 2.47 bits per heavy atom. The monoisotopic (exact) mass is 238 g/mol. The molecule has 2 N–H and O–H groups in total. The molecule has 96 valence electrons. The second-order valence-corrected chi connectivity index (χ2v) is 3.75. The third-order valence-corrected chi connectivity index (χ3v) is 2.22. The van der Waals surface area contributed by atoms with Crippen LogP contribution in [0.15, 0.2) is 6.07 Å². The summed E-state index contributed by atoms with van der Waals surface area (Å²) in [6.45, 7) is 6.47. The van der Waals surface area contributed by atoms with E-state index in [0.29, 0.717) is 6.61 Å². The van der Waals surface area contributed by atoms with Gasteiger partial charge in [0, 0.05) is 32.7 Å². The van der Waals surface area contributed by atoms with Gasteiger partial charge in [0.25, 0.3) is 0 Å². The first kappa shape index (κ1) is 13.7. The summed E-state index contributed by atoms with van der Waals surface area (Å²) in [5, 5.41) is 6.44. The summed E-state index contributed by atoms with van der Waals surface area (Å²) in [6, 6.07) is 1.93. The zero-order chi connectivity index (χ0) is 12.5. The number of aryl methyl sites for hydroxylation is 1. The highest BCUT2D eigenvalue weighted by molar-refractivity contribution is 5.47. The van der Waals surface area contributed by atoms with Crippen LogP contribution in [-0.4, -0.2) is 36.8 Å². The topological polar surface area (TPSA) is 59.1 Å². The van der Waals surface area contributed by atoms with Gasteiger partial charge in [0.2, 0.25) is 0 Å². The zero-order valence-corrected chi connectivity index (χ0v) is 10.9. The Balaban J connectivity index is 2.72. The van der Waals surface area contributed by atoms with Crippen LogP contribution in [0.4, 0.5) is 11.6 Å². The second-order valence-electron chi connectivity index (χ2n) is 3.75. The summed E-state index contributed by atoms with van der Waals surface area (Å²) in [5.74, 6) is 2.62. The van der Waals surface area contributed by atoms with Crippen molar-refractivity contribution in [2.75, 3.05) is 37.4 Å². The van der Waals surface area contributed by atoms with Crippen LogP contribution in [0.1, 0.15) is 26.1 Å². The second kappa shape index (κ2) is 7.84. The van der Waals surface area contributed by atoms with Crippen molar-refractivity contribution < 1.29 is 4.74 Å². The molecule has 5 nitrogen and oxygen atoms in total. The largest absolute Gasteiger partial charge is 0.383 e. The van der Waals surface area contributed by atoms with Gasteiger partial charge in [-0.15, -0.1) is 0 Å². The van der Waals surface area contributed by atoms with Crippen molar-refractivity contribution in [2.45, 2.75) is 26.7 Å². The van der Waals surface area contributed by atoms with Crippen LogP contribution in [0.3, 0.4) is 0 Å². The number of methoxy groups -OCH3 is 1. The van der Waals surface area contributed by atoms with Crippen LogP contribution in [0.2, 0.25) is 0 Å². The average Bonchev–Trinajstić information content (AvgIpc) is 2.30. The molecule has 1 aromatic rings. The molecule has 0 spiro atoms. The van der Waals surface area contributed by atoms with Crippen LogP contribution < -0.4 is 10.6 Å². The summed E-state index contributed by atoms with van der Waals surface area (Å²) < 4.78 is 5.00. The fraction of sp³-hybridized carbons (Fsp3) is 0.667. The van der Waals surface area contributed by atoms with E-state index in [2.05, 4.69) is 34.4 Å². The van der Waals surface area contributed by atoms with Crippen molar-refractivity contribution >= 4 is 11.6 Å². The summed E-state index contributed by atoms with van der Waals surface area (Å²) in [7, 11) is 1.69. The Bertz CT molecular complexity index is 306. The molecule has 0 saturated heterocycles. The highest BCUT2D eigenvalue weighted by atomic mass is 16.5. The van der Waals surface area contributed by atoms with Crippen LogP contribution >= 0.6 is 0 Å². The molecule has 0 aromatic carbocycles. The van der Waals surface area contributed by atoms with Crippen molar-refractivity contribution in [1.29, 1.82) is 0 Å². The van der Waals surface area contributed by atoms with Gasteiger partial charge >= 0.3 is 0 Å². The predicted octanol–water partition coefficient (Wildman–Crippen LogP) is 1.92.